The van der Waals surface area contributed by atoms with Crippen molar-refractivity contribution in [3.8, 4) is 0 Å². The number of amides is 1. The molecular weight excluding hydrogens is 365 g/mol. The van der Waals surface area contributed by atoms with E-state index in [1.54, 1.807) is 6.08 Å². The SMILES string of the molecule is CCNC(=O)Cc1ccc2c(c1C)CC(c1ccc(CCCCF)cc1)=CC2=O. The van der Waals surface area contributed by atoms with Crippen molar-refractivity contribution in [1.29, 1.82) is 0 Å². The first-order valence-corrected chi connectivity index (χ1v) is 10.3. The van der Waals surface area contributed by atoms with Crippen LogP contribution in [0.15, 0.2) is 42.5 Å². The van der Waals surface area contributed by atoms with Crippen LogP contribution in [-0.4, -0.2) is 24.9 Å². The quantitative estimate of drug-likeness (QED) is 0.656. The molecule has 1 aliphatic rings. The molecule has 0 heterocycles. The fourth-order valence-electron chi connectivity index (χ4n) is 3.86. The maximum Gasteiger partial charge on any atom is 0.224 e. The fourth-order valence-corrected chi connectivity index (χ4v) is 3.86. The zero-order valence-corrected chi connectivity index (χ0v) is 17.2. The van der Waals surface area contributed by atoms with Crippen molar-refractivity contribution < 1.29 is 14.0 Å². The minimum atomic E-state index is -0.270. The van der Waals surface area contributed by atoms with Crippen molar-refractivity contribution in [2.75, 3.05) is 13.2 Å². The van der Waals surface area contributed by atoms with Gasteiger partial charge in [-0.2, -0.15) is 0 Å². The lowest BCUT2D eigenvalue weighted by Crippen LogP contribution is -2.25. The summed E-state index contributed by atoms with van der Waals surface area (Å²) in [7, 11) is 0. The predicted octanol–water partition coefficient (Wildman–Crippen LogP) is 4.79. The largest absolute Gasteiger partial charge is 0.356 e. The average molecular weight is 394 g/mol. The van der Waals surface area contributed by atoms with Gasteiger partial charge in [0.15, 0.2) is 5.78 Å². The first-order chi connectivity index (χ1) is 14.0. The monoisotopic (exact) mass is 393 g/mol. The van der Waals surface area contributed by atoms with Gasteiger partial charge in [-0.15, -0.1) is 0 Å². The number of nitrogens with one attached hydrogen (secondary N) is 1. The van der Waals surface area contributed by atoms with Gasteiger partial charge < -0.3 is 5.32 Å². The van der Waals surface area contributed by atoms with Crippen LogP contribution in [0.1, 0.15) is 57.9 Å². The third kappa shape index (κ3) is 5.00. The molecule has 3 rings (SSSR count). The van der Waals surface area contributed by atoms with Gasteiger partial charge >= 0.3 is 0 Å². The van der Waals surface area contributed by atoms with E-state index >= 15 is 0 Å². The molecule has 0 saturated heterocycles. The van der Waals surface area contributed by atoms with Crippen LogP contribution in [0.25, 0.3) is 5.57 Å². The van der Waals surface area contributed by atoms with E-state index in [0.29, 0.717) is 25.8 Å². The number of unbranched alkanes of at least 4 members (excludes halogenated alkanes) is 1. The second kappa shape index (κ2) is 9.64. The van der Waals surface area contributed by atoms with Crippen molar-refractivity contribution >= 4 is 17.3 Å². The lowest BCUT2D eigenvalue weighted by molar-refractivity contribution is -0.120. The van der Waals surface area contributed by atoms with Gasteiger partial charge in [0.1, 0.15) is 0 Å². The molecule has 152 valence electrons. The number of hydrogen-bond acceptors (Lipinski definition) is 2. The van der Waals surface area contributed by atoms with Crippen LogP contribution >= 0.6 is 0 Å². The Morgan fingerprint density at radius 3 is 2.55 bits per heavy atom. The second-order valence-corrected chi connectivity index (χ2v) is 7.56. The summed E-state index contributed by atoms with van der Waals surface area (Å²) >= 11 is 0. The number of hydrogen-bond donors (Lipinski definition) is 1. The van der Waals surface area contributed by atoms with E-state index in [-0.39, 0.29) is 18.4 Å². The summed E-state index contributed by atoms with van der Waals surface area (Å²) in [6.07, 6.45) is 5.04. The zero-order chi connectivity index (χ0) is 20.8. The molecular formula is C25H28FNO2. The van der Waals surface area contributed by atoms with Gasteiger partial charge in [-0.05, 0) is 79.0 Å². The molecule has 0 radical (unpaired) electrons. The maximum atomic E-state index is 12.7. The van der Waals surface area contributed by atoms with Gasteiger partial charge in [-0.25, -0.2) is 0 Å². The van der Waals surface area contributed by atoms with Gasteiger partial charge in [0.2, 0.25) is 5.91 Å². The molecule has 1 aliphatic carbocycles. The lowest BCUT2D eigenvalue weighted by atomic mass is 9.83. The first kappa shape index (κ1) is 21.0. The minimum Gasteiger partial charge on any atom is -0.356 e. The summed E-state index contributed by atoms with van der Waals surface area (Å²) in [6.45, 7) is 4.24. The molecule has 4 heteroatoms. The molecule has 1 amide bonds. The number of alkyl halides is 1. The normalized spacial score (nSPS) is 13.1. The molecule has 2 aromatic rings. The Morgan fingerprint density at radius 2 is 1.86 bits per heavy atom. The van der Waals surface area contributed by atoms with E-state index in [1.165, 1.54) is 5.56 Å². The number of rotatable bonds is 8. The highest BCUT2D eigenvalue weighted by Gasteiger charge is 2.22. The van der Waals surface area contributed by atoms with Gasteiger partial charge in [-0.3, -0.25) is 14.0 Å². The molecule has 1 N–H and O–H groups in total. The number of aryl methyl sites for hydroxylation is 1. The Labute approximate surface area is 172 Å². The van der Waals surface area contributed by atoms with Crippen LogP contribution in [-0.2, 0) is 24.1 Å². The summed E-state index contributed by atoms with van der Waals surface area (Å²) in [5.74, 6) is 0.0118. The van der Waals surface area contributed by atoms with E-state index in [1.807, 2.05) is 38.1 Å². The number of allylic oxidation sites excluding steroid dienone is 2. The topological polar surface area (TPSA) is 46.2 Å². The maximum absolute atomic E-state index is 12.7. The van der Waals surface area contributed by atoms with Crippen molar-refractivity contribution in [3.05, 3.63) is 75.9 Å². The predicted molar refractivity (Wildman–Crippen MR) is 115 cm³/mol. The van der Waals surface area contributed by atoms with Crippen molar-refractivity contribution in [3.63, 3.8) is 0 Å². The Kier molecular flexibility index (Phi) is 6.97. The molecule has 0 aliphatic heterocycles. The number of fused-ring (bicyclic) bond motifs is 1. The van der Waals surface area contributed by atoms with Crippen LogP contribution in [0.5, 0.6) is 0 Å². The molecule has 0 spiro atoms. The average Bonchev–Trinajstić information content (AvgIpc) is 2.71. The molecule has 3 nitrogen and oxygen atoms in total. The molecule has 0 atom stereocenters. The van der Waals surface area contributed by atoms with E-state index in [9.17, 15) is 14.0 Å². The lowest BCUT2D eigenvalue weighted by Gasteiger charge is -2.21. The highest BCUT2D eigenvalue weighted by molar-refractivity contribution is 6.12. The number of benzene rings is 2. The Bertz CT molecular complexity index is 929. The van der Waals surface area contributed by atoms with Crippen LogP contribution in [0.3, 0.4) is 0 Å². The number of likely N-dealkylation sites (N-methyl/N-ethyl adjacent to an activating group) is 1. The van der Waals surface area contributed by atoms with Gasteiger partial charge in [0.25, 0.3) is 0 Å². The summed E-state index contributed by atoms with van der Waals surface area (Å²) in [5, 5.41) is 2.83. The summed E-state index contributed by atoms with van der Waals surface area (Å²) in [6, 6.07) is 12.0. The number of halogens is 1. The number of carbonyl (C=O) groups is 2. The van der Waals surface area contributed by atoms with Gasteiger partial charge in [0.05, 0.1) is 13.1 Å². The molecule has 29 heavy (non-hydrogen) atoms. The third-order valence-corrected chi connectivity index (χ3v) is 5.55. The highest BCUT2D eigenvalue weighted by Crippen LogP contribution is 2.31. The van der Waals surface area contributed by atoms with Crippen LogP contribution in [0, 0.1) is 6.92 Å². The van der Waals surface area contributed by atoms with Crippen LogP contribution in [0.4, 0.5) is 4.39 Å². The highest BCUT2D eigenvalue weighted by atomic mass is 19.1. The van der Waals surface area contributed by atoms with Crippen molar-refractivity contribution in [2.24, 2.45) is 0 Å². The Morgan fingerprint density at radius 1 is 1.10 bits per heavy atom. The standard InChI is InChI=1S/C25H28FNO2/c1-3-27-25(29)16-20-11-12-22-23(17(20)2)14-21(15-24(22)28)19-9-7-18(8-10-19)6-4-5-13-26/h7-12,15H,3-6,13-14,16H2,1-2H3,(H,27,29). The van der Waals surface area contributed by atoms with Crippen molar-refractivity contribution in [2.45, 2.75) is 46.0 Å². The third-order valence-electron chi connectivity index (χ3n) is 5.55. The first-order valence-electron chi connectivity index (χ1n) is 10.3. The van der Waals surface area contributed by atoms with Gasteiger partial charge in [0, 0.05) is 12.1 Å². The molecule has 0 fully saturated rings. The van der Waals surface area contributed by atoms with Gasteiger partial charge in [-0.1, -0.05) is 36.4 Å². The summed E-state index contributed by atoms with van der Waals surface area (Å²) < 4.78 is 12.3. The number of carbonyl (C=O) groups excluding carboxylic acids is 2. The zero-order valence-electron chi connectivity index (χ0n) is 17.2. The molecule has 0 bridgehead atoms. The van der Waals surface area contributed by atoms with E-state index in [2.05, 4.69) is 17.4 Å². The smallest absolute Gasteiger partial charge is 0.224 e. The summed E-state index contributed by atoms with van der Waals surface area (Å²) in [5.41, 5.74) is 6.95. The number of ketones is 1. The second-order valence-electron chi connectivity index (χ2n) is 7.56. The van der Waals surface area contributed by atoms with Crippen LogP contribution < -0.4 is 5.32 Å². The van der Waals surface area contributed by atoms with E-state index in [4.69, 9.17) is 0 Å². The molecule has 2 aromatic carbocycles. The molecule has 0 unspecified atom stereocenters. The van der Waals surface area contributed by atoms with E-state index in [0.717, 1.165) is 46.2 Å². The fraction of sp³-hybridized carbons (Fsp3) is 0.360. The summed E-state index contributed by atoms with van der Waals surface area (Å²) in [4.78, 5) is 24.7. The Hall–Kier alpha value is -2.75. The molecule has 0 aromatic heterocycles. The Balaban J connectivity index is 1.81. The van der Waals surface area contributed by atoms with E-state index < -0.39 is 0 Å². The minimum absolute atomic E-state index is 0.00296. The molecule has 0 saturated carbocycles. The van der Waals surface area contributed by atoms with Crippen LogP contribution in [0.2, 0.25) is 0 Å². The van der Waals surface area contributed by atoms with Crippen molar-refractivity contribution in [1.82, 2.24) is 5.32 Å².